The Morgan fingerprint density at radius 3 is 2.54 bits per heavy atom. The van der Waals surface area contributed by atoms with Gasteiger partial charge >= 0.3 is 0 Å². The van der Waals surface area contributed by atoms with Crippen molar-refractivity contribution in [3.8, 4) is 11.5 Å². The van der Waals surface area contributed by atoms with Crippen LogP contribution >= 0.6 is 34.5 Å². The van der Waals surface area contributed by atoms with Gasteiger partial charge in [0.15, 0.2) is 11.5 Å². The van der Waals surface area contributed by atoms with Crippen LogP contribution < -0.4 is 20.2 Å². The average Bonchev–Trinajstić information content (AvgIpc) is 3.45. The van der Waals surface area contributed by atoms with Crippen LogP contribution in [-0.4, -0.2) is 25.1 Å². The van der Waals surface area contributed by atoms with Gasteiger partial charge in [0.1, 0.15) is 6.61 Å². The van der Waals surface area contributed by atoms with Crippen LogP contribution in [0.5, 0.6) is 11.5 Å². The van der Waals surface area contributed by atoms with Crippen LogP contribution in [0.25, 0.3) is 0 Å². The Balaban J connectivity index is 1.39. The first-order chi connectivity index (χ1) is 17.9. The maximum absolute atomic E-state index is 12.7. The second-order valence-electron chi connectivity index (χ2n) is 7.62. The maximum atomic E-state index is 12.7. The van der Waals surface area contributed by atoms with E-state index in [2.05, 4.69) is 15.8 Å². The van der Waals surface area contributed by atoms with Crippen molar-refractivity contribution in [3.63, 3.8) is 0 Å². The summed E-state index contributed by atoms with van der Waals surface area (Å²) in [6.07, 6.45) is 1.48. The molecule has 3 aromatic carbocycles. The van der Waals surface area contributed by atoms with Gasteiger partial charge in [-0.15, -0.1) is 11.3 Å². The molecule has 2 N–H and O–H groups in total. The van der Waals surface area contributed by atoms with Gasteiger partial charge in [-0.05, 0) is 65.0 Å². The van der Waals surface area contributed by atoms with E-state index in [1.165, 1.54) is 24.7 Å². The summed E-state index contributed by atoms with van der Waals surface area (Å²) in [5.41, 5.74) is 4.70. The highest BCUT2D eigenvalue weighted by Gasteiger charge is 2.14. The highest BCUT2D eigenvalue weighted by atomic mass is 35.5. The third kappa shape index (κ3) is 6.89. The van der Waals surface area contributed by atoms with Gasteiger partial charge in [-0.2, -0.15) is 5.10 Å². The van der Waals surface area contributed by atoms with Crippen molar-refractivity contribution in [3.05, 3.63) is 110 Å². The fourth-order valence-electron chi connectivity index (χ4n) is 3.28. The molecular weight excluding hydrogens is 533 g/mol. The molecule has 188 valence electrons. The van der Waals surface area contributed by atoms with Gasteiger partial charge in [-0.25, -0.2) is 5.43 Å². The van der Waals surface area contributed by atoms with Crippen LogP contribution in [0.1, 0.15) is 31.2 Å². The summed E-state index contributed by atoms with van der Waals surface area (Å²) in [5, 5.41) is 9.56. The number of nitrogens with one attached hydrogen (secondary N) is 2. The predicted octanol–water partition coefficient (Wildman–Crippen LogP) is 6.66. The van der Waals surface area contributed by atoms with E-state index in [0.29, 0.717) is 37.7 Å². The van der Waals surface area contributed by atoms with Crippen LogP contribution in [0.3, 0.4) is 0 Å². The van der Waals surface area contributed by atoms with Gasteiger partial charge in [0.05, 0.1) is 39.5 Å². The summed E-state index contributed by atoms with van der Waals surface area (Å²) in [4.78, 5) is 25.7. The SMILES string of the molecule is COc1cc(/C=N\NC(=O)c2ccccc2NC(=O)c2cccs2)ccc1OCc1ccc(Cl)c(Cl)c1. The van der Waals surface area contributed by atoms with Crippen LogP contribution in [0, 0.1) is 0 Å². The second kappa shape index (κ2) is 12.4. The third-order valence-corrected chi connectivity index (χ3v) is 6.72. The van der Waals surface area contributed by atoms with E-state index in [1.54, 1.807) is 66.7 Å². The lowest BCUT2D eigenvalue weighted by molar-refractivity contribution is 0.0956. The molecule has 4 aromatic rings. The molecule has 0 fully saturated rings. The van der Waals surface area contributed by atoms with Gasteiger partial charge in [0.25, 0.3) is 11.8 Å². The first-order valence-corrected chi connectivity index (χ1v) is 12.6. The molecule has 0 radical (unpaired) electrons. The molecular formula is C27H21Cl2N3O4S. The molecule has 0 aliphatic carbocycles. The molecule has 2 amide bonds. The van der Waals surface area contributed by atoms with Gasteiger partial charge < -0.3 is 14.8 Å². The number of hydrazone groups is 1. The molecule has 10 heteroatoms. The molecule has 7 nitrogen and oxygen atoms in total. The van der Waals surface area contributed by atoms with E-state index < -0.39 is 5.91 Å². The molecule has 0 saturated heterocycles. The number of nitrogens with zero attached hydrogens (tertiary/aromatic N) is 1. The number of anilines is 1. The topological polar surface area (TPSA) is 89.0 Å². The Bertz CT molecular complexity index is 1440. The zero-order valence-electron chi connectivity index (χ0n) is 19.5. The summed E-state index contributed by atoms with van der Waals surface area (Å²) < 4.78 is 11.3. The first-order valence-electron chi connectivity index (χ1n) is 11.0. The number of hydrogen-bond donors (Lipinski definition) is 2. The Morgan fingerprint density at radius 1 is 0.946 bits per heavy atom. The Morgan fingerprint density at radius 2 is 1.78 bits per heavy atom. The number of methoxy groups -OCH3 is 1. The lowest BCUT2D eigenvalue weighted by Crippen LogP contribution is -2.21. The van der Waals surface area contributed by atoms with E-state index in [1.807, 2.05) is 11.4 Å². The quantitative estimate of drug-likeness (QED) is 0.179. The van der Waals surface area contributed by atoms with Gasteiger partial charge in [0, 0.05) is 0 Å². The Kier molecular flexibility index (Phi) is 8.79. The summed E-state index contributed by atoms with van der Waals surface area (Å²) in [6.45, 7) is 0.277. The van der Waals surface area contributed by atoms with Crippen molar-refractivity contribution in [2.45, 2.75) is 6.61 Å². The van der Waals surface area contributed by atoms with Crippen LogP contribution in [0.15, 0.2) is 83.3 Å². The fraction of sp³-hybridized carbons (Fsp3) is 0.0741. The molecule has 0 aliphatic rings. The zero-order chi connectivity index (χ0) is 26.2. The lowest BCUT2D eigenvalue weighted by Gasteiger charge is -2.12. The third-order valence-electron chi connectivity index (χ3n) is 5.11. The molecule has 37 heavy (non-hydrogen) atoms. The number of hydrogen-bond acceptors (Lipinski definition) is 6. The van der Waals surface area contributed by atoms with Crippen LogP contribution in [0.2, 0.25) is 10.0 Å². The summed E-state index contributed by atoms with van der Waals surface area (Å²) in [7, 11) is 1.53. The highest BCUT2D eigenvalue weighted by Crippen LogP contribution is 2.29. The van der Waals surface area contributed by atoms with Crippen LogP contribution in [-0.2, 0) is 6.61 Å². The normalized spacial score (nSPS) is 10.8. The molecule has 0 spiro atoms. The standard InChI is InChI=1S/C27H21Cl2N3O4S/c1-35-24-14-17(9-11-23(24)36-16-18-8-10-20(28)21(29)13-18)15-30-32-26(33)19-5-2-3-6-22(19)31-27(34)25-7-4-12-37-25/h2-15H,16H2,1H3,(H,31,34)(H,32,33)/b30-15-. The first kappa shape index (κ1) is 26.2. The number of para-hydroxylation sites is 1. The number of halogens is 2. The van der Waals surface area contributed by atoms with E-state index >= 15 is 0 Å². The minimum Gasteiger partial charge on any atom is -0.493 e. The van der Waals surface area contributed by atoms with Gasteiger partial charge in [-0.1, -0.05) is 47.5 Å². The van der Waals surface area contributed by atoms with Gasteiger partial charge in [0.2, 0.25) is 0 Å². The summed E-state index contributed by atoms with van der Waals surface area (Å²) in [6, 6.07) is 20.8. The van der Waals surface area contributed by atoms with Crippen molar-refractivity contribution in [2.75, 3.05) is 12.4 Å². The number of carbonyl (C=O) groups is 2. The van der Waals surface area contributed by atoms with Crippen molar-refractivity contribution in [1.29, 1.82) is 0 Å². The van der Waals surface area contributed by atoms with E-state index in [-0.39, 0.29) is 18.1 Å². The molecule has 1 heterocycles. The molecule has 0 aliphatic heterocycles. The number of carbonyl (C=O) groups excluding carboxylic acids is 2. The summed E-state index contributed by atoms with van der Waals surface area (Å²) >= 11 is 13.3. The van der Waals surface area contributed by atoms with Crippen LogP contribution in [0.4, 0.5) is 5.69 Å². The second-order valence-corrected chi connectivity index (χ2v) is 9.39. The molecule has 1 aromatic heterocycles. The maximum Gasteiger partial charge on any atom is 0.273 e. The average molecular weight is 554 g/mol. The van der Waals surface area contributed by atoms with E-state index in [0.717, 1.165) is 5.56 Å². The summed E-state index contributed by atoms with van der Waals surface area (Å²) in [5.74, 6) is 0.279. The number of thiophene rings is 1. The van der Waals surface area contributed by atoms with E-state index in [9.17, 15) is 9.59 Å². The monoisotopic (exact) mass is 553 g/mol. The molecule has 0 bridgehead atoms. The van der Waals surface area contributed by atoms with E-state index in [4.69, 9.17) is 32.7 Å². The Labute approximate surface area is 227 Å². The Hall–Kier alpha value is -3.85. The molecule has 0 unspecified atom stereocenters. The minimum absolute atomic E-state index is 0.277. The zero-order valence-corrected chi connectivity index (χ0v) is 21.9. The predicted molar refractivity (Wildman–Crippen MR) is 148 cm³/mol. The fourth-order valence-corrected chi connectivity index (χ4v) is 4.22. The number of rotatable bonds is 9. The molecule has 0 atom stereocenters. The number of ether oxygens (including phenoxy) is 2. The molecule has 4 rings (SSSR count). The smallest absolute Gasteiger partial charge is 0.273 e. The number of benzene rings is 3. The lowest BCUT2D eigenvalue weighted by atomic mass is 10.1. The highest BCUT2D eigenvalue weighted by molar-refractivity contribution is 7.12. The minimum atomic E-state index is -0.466. The molecule has 0 saturated carbocycles. The van der Waals surface area contributed by atoms with Crippen molar-refractivity contribution >= 4 is 58.3 Å². The number of amides is 2. The van der Waals surface area contributed by atoms with Gasteiger partial charge in [-0.3, -0.25) is 9.59 Å². The van der Waals surface area contributed by atoms with Crippen molar-refractivity contribution in [1.82, 2.24) is 5.43 Å². The van der Waals surface area contributed by atoms with Crippen molar-refractivity contribution < 1.29 is 19.1 Å². The largest absolute Gasteiger partial charge is 0.493 e. The van der Waals surface area contributed by atoms with Crippen molar-refractivity contribution in [2.24, 2.45) is 5.10 Å².